The van der Waals surface area contributed by atoms with Gasteiger partial charge in [-0.15, -0.1) is 11.3 Å². The number of benzene rings is 1. The molecule has 7 heteroatoms. The van der Waals surface area contributed by atoms with Crippen molar-refractivity contribution in [2.45, 2.75) is 0 Å². The van der Waals surface area contributed by atoms with Gasteiger partial charge in [-0.05, 0) is 35.7 Å². The lowest BCUT2D eigenvalue weighted by Gasteiger charge is -2.08. The van der Waals surface area contributed by atoms with E-state index in [1.165, 1.54) is 11.3 Å². The number of esters is 1. The Hall–Kier alpha value is -2.05. The molecule has 0 radical (unpaired) electrons. The molecule has 0 saturated heterocycles. The first-order valence-electron chi connectivity index (χ1n) is 6.51. The van der Waals surface area contributed by atoms with Crippen LogP contribution in [0.5, 0.6) is 5.75 Å². The largest absolute Gasteiger partial charge is 0.490 e. The highest BCUT2D eigenvalue weighted by molar-refractivity contribution is 7.12. The van der Waals surface area contributed by atoms with Crippen LogP contribution < -0.4 is 10.1 Å². The van der Waals surface area contributed by atoms with Crippen molar-refractivity contribution < 1.29 is 19.1 Å². The van der Waals surface area contributed by atoms with Crippen LogP contribution in [-0.2, 0) is 9.53 Å². The van der Waals surface area contributed by atoms with Crippen molar-refractivity contribution >= 4 is 34.8 Å². The molecule has 1 amide bonds. The second-order valence-corrected chi connectivity index (χ2v) is 5.57. The summed E-state index contributed by atoms with van der Waals surface area (Å²) >= 11 is 7.06. The van der Waals surface area contributed by atoms with E-state index in [9.17, 15) is 9.59 Å². The minimum atomic E-state index is -0.510. The van der Waals surface area contributed by atoms with Gasteiger partial charge in [0.05, 0.1) is 4.88 Å². The molecule has 0 spiro atoms. The predicted octanol–water partition coefficient (Wildman–Crippen LogP) is 2.75. The Labute approximate surface area is 136 Å². The Morgan fingerprint density at radius 2 is 1.91 bits per heavy atom. The van der Waals surface area contributed by atoms with Gasteiger partial charge >= 0.3 is 5.97 Å². The number of halogens is 1. The van der Waals surface area contributed by atoms with Gasteiger partial charge in [0.25, 0.3) is 5.91 Å². The van der Waals surface area contributed by atoms with Gasteiger partial charge in [-0.3, -0.25) is 9.59 Å². The number of carbonyl (C=O) groups is 2. The van der Waals surface area contributed by atoms with Crippen LogP contribution in [0.25, 0.3) is 0 Å². The van der Waals surface area contributed by atoms with Gasteiger partial charge in [0, 0.05) is 5.02 Å². The molecule has 1 heterocycles. The van der Waals surface area contributed by atoms with E-state index in [0.29, 0.717) is 15.6 Å². The molecule has 0 fully saturated rings. The summed E-state index contributed by atoms with van der Waals surface area (Å²) in [4.78, 5) is 23.6. The molecule has 0 saturated carbocycles. The quantitative estimate of drug-likeness (QED) is 0.622. The average Bonchev–Trinajstić information content (AvgIpc) is 3.05. The second kappa shape index (κ2) is 8.41. The van der Waals surface area contributed by atoms with Gasteiger partial charge < -0.3 is 14.8 Å². The highest BCUT2D eigenvalue weighted by Gasteiger charge is 2.09. The fourth-order valence-electron chi connectivity index (χ4n) is 1.54. The number of nitrogens with one attached hydrogen (secondary N) is 1. The molecule has 22 heavy (non-hydrogen) atoms. The minimum absolute atomic E-state index is 0.107. The van der Waals surface area contributed by atoms with Crippen LogP contribution in [-0.4, -0.2) is 31.6 Å². The Bertz CT molecular complexity index is 613. The molecule has 0 atom stereocenters. The summed E-state index contributed by atoms with van der Waals surface area (Å²) in [5.41, 5.74) is 0. The zero-order valence-corrected chi connectivity index (χ0v) is 13.2. The average molecular weight is 340 g/mol. The van der Waals surface area contributed by atoms with Crippen LogP contribution >= 0.6 is 22.9 Å². The number of carbonyl (C=O) groups excluding carboxylic acids is 2. The summed E-state index contributed by atoms with van der Waals surface area (Å²) in [6, 6.07) is 10.3. The molecular weight excluding hydrogens is 326 g/mol. The van der Waals surface area contributed by atoms with Gasteiger partial charge in [0.1, 0.15) is 25.5 Å². The van der Waals surface area contributed by atoms with Crippen LogP contribution in [0.1, 0.15) is 9.67 Å². The molecule has 5 nitrogen and oxygen atoms in total. The van der Waals surface area contributed by atoms with Crippen molar-refractivity contribution in [2.75, 3.05) is 19.8 Å². The van der Waals surface area contributed by atoms with Crippen molar-refractivity contribution in [1.82, 2.24) is 5.32 Å². The molecule has 0 bridgehead atoms. The summed E-state index contributed by atoms with van der Waals surface area (Å²) in [6.07, 6.45) is 0. The SMILES string of the molecule is O=C(CNC(=O)c1cccs1)OCCOc1ccc(Cl)cc1. The Morgan fingerprint density at radius 3 is 2.59 bits per heavy atom. The van der Waals surface area contributed by atoms with E-state index in [0.717, 1.165) is 0 Å². The molecule has 1 N–H and O–H groups in total. The number of hydrogen-bond donors (Lipinski definition) is 1. The maximum absolute atomic E-state index is 11.6. The fraction of sp³-hybridized carbons (Fsp3) is 0.200. The molecular formula is C15H14ClNO4S. The molecule has 0 aliphatic heterocycles. The standard InChI is InChI=1S/C15H14ClNO4S/c16-11-3-5-12(6-4-11)20-7-8-21-14(18)10-17-15(19)13-2-1-9-22-13/h1-6,9H,7-8,10H2,(H,17,19). The lowest BCUT2D eigenvalue weighted by atomic mass is 10.3. The first-order chi connectivity index (χ1) is 10.6. The summed E-state index contributed by atoms with van der Waals surface area (Å²) < 4.78 is 10.3. The zero-order valence-electron chi connectivity index (χ0n) is 11.6. The number of thiophene rings is 1. The zero-order chi connectivity index (χ0) is 15.8. The Kier molecular flexibility index (Phi) is 6.24. The van der Waals surface area contributed by atoms with Crippen molar-refractivity contribution in [2.24, 2.45) is 0 Å². The van der Waals surface area contributed by atoms with Gasteiger partial charge in [0.2, 0.25) is 0 Å². The smallest absolute Gasteiger partial charge is 0.325 e. The van der Waals surface area contributed by atoms with E-state index >= 15 is 0 Å². The van der Waals surface area contributed by atoms with Gasteiger partial charge in [-0.25, -0.2) is 0 Å². The van der Waals surface area contributed by atoms with E-state index in [-0.39, 0.29) is 25.7 Å². The topological polar surface area (TPSA) is 64.6 Å². The van der Waals surface area contributed by atoms with Crippen LogP contribution in [0.15, 0.2) is 41.8 Å². The highest BCUT2D eigenvalue weighted by atomic mass is 35.5. The first kappa shape index (κ1) is 16.3. The van der Waals surface area contributed by atoms with E-state index in [2.05, 4.69) is 5.32 Å². The fourth-order valence-corrected chi connectivity index (χ4v) is 2.31. The highest BCUT2D eigenvalue weighted by Crippen LogP contribution is 2.15. The second-order valence-electron chi connectivity index (χ2n) is 4.18. The van der Waals surface area contributed by atoms with E-state index in [1.54, 1.807) is 41.8 Å². The minimum Gasteiger partial charge on any atom is -0.490 e. The maximum Gasteiger partial charge on any atom is 0.325 e. The molecule has 0 unspecified atom stereocenters. The molecule has 1 aromatic heterocycles. The van der Waals surface area contributed by atoms with Crippen LogP contribution in [0.2, 0.25) is 5.02 Å². The van der Waals surface area contributed by atoms with Crippen molar-refractivity contribution in [1.29, 1.82) is 0 Å². The van der Waals surface area contributed by atoms with Gasteiger partial charge in [-0.2, -0.15) is 0 Å². The molecule has 116 valence electrons. The Balaban J connectivity index is 1.59. The van der Waals surface area contributed by atoms with E-state index < -0.39 is 5.97 Å². The maximum atomic E-state index is 11.6. The monoisotopic (exact) mass is 339 g/mol. The Morgan fingerprint density at radius 1 is 1.14 bits per heavy atom. The lowest BCUT2D eigenvalue weighted by molar-refractivity contribution is -0.143. The summed E-state index contributed by atoms with van der Waals surface area (Å²) in [5, 5.41) is 4.91. The van der Waals surface area contributed by atoms with E-state index in [1.807, 2.05) is 0 Å². The molecule has 1 aromatic carbocycles. The molecule has 0 aliphatic carbocycles. The van der Waals surface area contributed by atoms with Crippen LogP contribution in [0.3, 0.4) is 0 Å². The lowest BCUT2D eigenvalue weighted by Crippen LogP contribution is -2.30. The van der Waals surface area contributed by atoms with Gasteiger partial charge in [0.15, 0.2) is 0 Å². The first-order valence-corrected chi connectivity index (χ1v) is 7.76. The number of amides is 1. The van der Waals surface area contributed by atoms with Crippen molar-refractivity contribution in [3.8, 4) is 5.75 Å². The van der Waals surface area contributed by atoms with Crippen molar-refractivity contribution in [3.05, 3.63) is 51.7 Å². The molecule has 2 rings (SSSR count). The third-order valence-electron chi connectivity index (χ3n) is 2.57. The molecule has 0 aliphatic rings. The van der Waals surface area contributed by atoms with Gasteiger partial charge in [-0.1, -0.05) is 17.7 Å². The van der Waals surface area contributed by atoms with E-state index in [4.69, 9.17) is 21.1 Å². The van der Waals surface area contributed by atoms with Crippen LogP contribution in [0.4, 0.5) is 0 Å². The van der Waals surface area contributed by atoms with Crippen LogP contribution in [0, 0.1) is 0 Å². The summed E-state index contributed by atoms with van der Waals surface area (Å²) in [7, 11) is 0. The summed E-state index contributed by atoms with van der Waals surface area (Å²) in [5.74, 6) is -0.152. The number of rotatable bonds is 7. The summed E-state index contributed by atoms with van der Waals surface area (Å²) in [6.45, 7) is 0.167. The number of hydrogen-bond acceptors (Lipinski definition) is 5. The number of ether oxygens (including phenoxy) is 2. The predicted molar refractivity (Wildman–Crippen MR) is 84.6 cm³/mol. The normalized spacial score (nSPS) is 10.0. The third-order valence-corrected chi connectivity index (χ3v) is 3.69. The molecule has 2 aromatic rings. The third kappa shape index (κ3) is 5.38. The van der Waals surface area contributed by atoms with Crippen molar-refractivity contribution in [3.63, 3.8) is 0 Å².